The average molecular weight is 269 g/mol. The normalized spacial score (nSPS) is 10.3. The number of benzene rings is 1. The molecule has 0 atom stereocenters. The summed E-state index contributed by atoms with van der Waals surface area (Å²) in [4.78, 5) is 8.22. The van der Waals surface area contributed by atoms with Gasteiger partial charge in [0, 0.05) is 12.5 Å². The van der Waals surface area contributed by atoms with Crippen LogP contribution in [-0.2, 0) is 6.42 Å². The fourth-order valence-electron chi connectivity index (χ4n) is 1.44. The quantitative estimate of drug-likeness (QED) is 0.801. The monoisotopic (exact) mass is 268 g/mol. The first-order valence-electron chi connectivity index (χ1n) is 4.99. The summed E-state index contributed by atoms with van der Waals surface area (Å²) in [6, 6.07) is 9.21. The van der Waals surface area contributed by atoms with E-state index >= 15 is 0 Å². The molecule has 3 nitrogen and oxygen atoms in total. The Morgan fingerprint density at radius 3 is 2.18 bits per heavy atom. The zero-order valence-electron chi connectivity index (χ0n) is 9.15. The van der Waals surface area contributed by atoms with Crippen LogP contribution in [0.2, 0.25) is 10.3 Å². The summed E-state index contributed by atoms with van der Waals surface area (Å²) in [6.45, 7) is 0. The fourth-order valence-corrected chi connectivity index (χ4v) is 1.90. The van der Waals surface area contributed by atoms with Gasteiger partial charge in [0.1, 0.15) is 21.9 Å². The van der Waals surface area contributed by atoms with Gasteiger partial charge in [0.25, 0.3) is 0 Å². The number of hydrogen-bond donors (Lipinski definition) is 0. The smallest absolute Gasteiger partial charge is 0.136 e. The highest BCUT2D eigenvalue weighted by molar-refractivity contribution is 6.33. The molecule has 0 aliphatic carbocycles. The van der Waals surface area contributed by atoms with Gasteiger partial charge in [-0.1, -0.05) is 35.3 Å². The lowest BCUT2D eigenvalue weighted by Crippen LogP contribution is -1.97. The van der Waals surface area contributed by atoms with E-state index in [1.54, 1.807) is 7.11 Å². The lowest BCUT2D eigenvalue weighted by molar-refractivity contribution is 0.414. The van der Waals surface area contributed by atoms with Crippen LogP contribution in [0.25, 0.3) is 0 Å². The molecule has 5 heteroatoms. The third-order valence-electron chi connectivity index (χ3n) is 2.23. The van der Waals surface area contributed by atoms with E-state index in [2.05, 4.69) is 9.97 Å². The summed E-state index contributed by atoms with van der Waals surface area (Å²) in [5.41, 5.74) is 1.07. The number of halogens is 2. The highest BCUT2D eigenvalue weighted by Crippen LogP contribution is 2.16. The number of ether oxygens (including phenoxy) is 1. The minimum atomic E-state index is 0.355. The fraction of sp³-hybridized carbons (Fsp3) is 0.167. The van der Waals surface area contributed by atoms with Crippen molar-refractivity contribution in [3.8, 4) is 5.75 Å². The lowest BCUT2D eigenvalue weighted by atomic mass is 10.1. The zero-order valence-corrected chi connectivity index (χ0v) is 10.7. The summed E-state index contributed by atoms with van der Waals surface area (Å²) >= 11 is 11.6. The van der Waals surface area contributed by atoms with E-state index in [0.717, 1.165) is 11.3 Å². The molecule has 0 saturated carbocycles. The van der Waals surface area contributed by atoms with Crippen LogP contribution in [0.1, 0.15) is 11.4 Å². The van der Waals surface area contributed by atoms with E-state index in [4.69, 9.17) is 27.9 Å². The number of rotatable bonds is 3. The zero-order chi connectivity index (χ0) is 12.3. The second-order valence-corrected chi connectivity index (χ2v) is 4.23. The second kappa shape index (κ2) is 5.34. The van der Waals surface area contributed by atoms with E-state index in [9.17, 15) is 0 Å². The lowest BCUT2D eigenvalue weighted by Gasteiger charge is -2.03. The summed E-state index contributed by atoms with van der Waals surface area (Å²) < 4.78 is 5.08. The number of aromatic nitrogens is 2. The van der Waals surface area contributed by atoms with Crippen LogP contribution in [0.4, 0.5) is 0 Å². The summed E-state index contributed by atoms with van der Waals surface area (Å²) in [6.07, 6.45) is 0.588. The van der Waals surface area contributed by atoms with Crippen molar-refractivity contribution in [3.05, 3.63) is 52.0 Å². The van der Waals surface area contributed by atoms with E-state index in [0.29, 0.717) is 22.6 Å². The first-order valence-corrected chi connectivity index (χ1v) is 5.75. The van der Waals surface area contributed by atoms with Crippen molar-refractivity contribution in [2.75, 3.05) is 7.11 Å². The maximum Gasteiger partial charge on any atom is 0.136 e. The van der Waals surface area contributed by atoms with E-state index in [1.807, 2.05) is 24.3 Å². The molecule has 0 radical (unpaired) electrons. The maximum atomic E-state index is 5.81. The average Bonchev–Trinajstić information content (AvgIpc) is 2.28. The Morgan fingerprint density at radius 2 is 1.65 bits per heavy atom. The van der Waals surface area contributed by atoms with E-state index in [-0.39, 0.29) is 0 Å². The van der Waals surface area contributed by atoms with Crippen LogP contribution in [0, 0.1) is 0 Å². The summed E-state index contributed by atoms with van der Waals surface area (Å²) in [5, 5.41) is 0.710. The molecule has 0 spiro atoms. The molecule has 0 N–H and O–H groups in total. The molecule has 1 aromatic heterocycles. The topological polar surface area (TPSA) is 35.0 Å². The standard InChI is InChI=1S/C12H10Cl2N2O/c1-17-9-4-2-8(3-5-9)6-12-15-10(13)7-11(14)16-12/h2-5,7H,6H2,1H3. The molecular formula is C12H10Cl2N2O. The Labute approximate surface area is 109 Å². The molecule has 2 rings (SSSR count). The first kappa shape index (κ1) is 12.1. The molecule has 0 saturated heterocycles. The predicted molar refractivity (Wildman–Crippen MR) is 67.9 cm³/mol. The number of methoxy groups -OCH3 is 1. The van der Waals surface area contributed by atoms with Gasteiger partial charge in [0.2, 0.25) is 0 Å². The van der Waals surface area contributed by atoms with Crippen molar-refractivity contribution in [1.29, 1.82) is 0 Å². The third kappa shape index (κ3) is 3.32. The molecule has 0 aliphatic rings. The number of hydrogen-bond acceptors (Lipinski definition) is 3. The Kier molecular flexibility index (Phi) is 3.82. The SMILES string of the molecule is COc1ccc(Cc2nc(Cl)cc(Cl)n2)cc1. The van der Waals surface area contributed by atoms with Gasteiger partial charge in [-0.05, 0) is 17.7 Å². The van der Waals surface area contributed by atoms with Gasteiger partial charge in [0.05, 0.1) is 7.11 Å². The third-order valence-corrected chi connectivity index (χ3v) is 2.62. The molecule has 1 aromatic carbocycles. The van der Waals surface area contributed by atoms with Crippen LogP contribution >= 0.6 is 23.2 Å². The van der Waals surface area contributed by atoms with Crippen LogP contribution < -0.4 is 4.74 Å². The van der Waals surface area contributed by atoms with Crippen LogP contribution in [-0.4, -0.2) is 17.1 Å². The Bertz CT molecular complexity index is 494. The predicted octanol–water partition coefficient (Wildman–Crippen LogP) is 3.38. The first-order chi connectivity index (χ1) is 8.17. The highest BCUT2D eigenvalue weighted by atomic mass is 35.5. The highest BCUT2D eigenvalue weighted by Gasteiger charge is 2.03. The molecule has 0 bridgehead atoms. The van der Waals surface area contributed by atoms with Gasteiger partial charge in [-0.3, -0.25) is 0 Å². The second-order valence-electron chi connectivity index (χ2n) is 3.45. The van der Waals surface area contributed by atoms with Gasteiger partial charge in [-0.15, -0.1) is 0 Å². The molecule has 2 aromatic rings. The van der Waals surface area contributed by atoms with Gasteiger partial charge in [-0.2, -0.15) is 0 Å². The van der Waals surface area contributed by atoms with Crippen molar-refractivity contribution < 1.29 is 4.74 Å². The minimum absolute atomic E-state index is 0.355. The van der Waals surface area contributed by atoms with Crippen LogP contribution in [0.3, 0.4) is 0 Å². The van der Waals surface area contributed by atoms with Gasteiger partial charge >= 0.3 is 0 Å². The van der Waals surface area contributed by atoms with Crippen molar-refractivity contribution in [1.82, 2.24) is 9.97 Å². The van der Waals surface area contributed by atoms with Crippen LogP contribution in [0.15, 0.2) is 30.3 Å². The van der Waals surface area contributed by atoms with Gasteiger partial charge < -0.3 is 4.74 Å². The largest absolute Gasteiger partial charge is 0.497 e. The Hall–Kier alpha value is -1.32. The number of nitrogens with zero attached hydrogens (tertiary/aromatic N) is 2. The molecule has 1 heterocycles. The molecule has 0 aliphatic heterocycles. The molecule has 0 fully saturated rings. The Morgan fingerprint density at radius 1 is 1.06 bits per heavy atom. The molecule has 17 heavy (non-hydrogen) atoms. The molecular weight excluding hydrogens is 259 g/mol. The molecule has 0 amide bonds. The van der Waals surface area contributed by atoms with E-state index < -0.39 is 0 Å². The molecule has 88 valence electrons. The van der Waals surface area contributed by atoms with Gasteiger partial charge in [0.15, 0.2) is 0 Å². The minimum Gasteiger partial charge on any atom is -0.497 e. The maximum absolute atomic E-state index is 5.81. The van der Waals surface area contributed by atoms with Crippen molar-refractivity contribution in [2.45, 2.75) is 6.42 Å². The van der Waals surface area contributed by atoms with E-state index in [1.165, 1.54) is 6.07 Å². The van der Waals surface area contributed by atoms with Crippen molar-refractivity contribution in [2.24, 2.45) is 0 Å². The van der Waals surface area contributed by atoms with Crippen molar-refractivity contribution >= 4 is 23.2 Å². The summed E-state index contributed by atoms with van der Waals surface area (Å²) in [7, 11) is 1.63. The van der Waals surface area contributed by atoms with Crippen molar-refractivity contribution in [3.63, 3.8) is 0 Å². The summed E-state index contributed by atoms with van der Waals surface area (Å²) in [5.74, 6) is 1.42. The Balaban J connectivity index is 2.19. The molecule has 0 unspecified atom stereocenters. The van der Waals surface area contributed by atoms with Gasteiger partial charge in [-0.25, -0.2) is 9.97 Å². The van der Waals surface area contributed by atoms with Crippen LogP contribution in [0.5, 0.6) is 5.75 Å².